The molecule has 0 aliphatic heterocycles. The number of alkyl halides is 3. The molecule has 1 aromatic carbocycles. The Hall–Kier alpha value is -1.72. The zero-order chi connectivity index (χ0) is 14.6. The molecule has 1 unspecified atom stereocenters. The molecule has 0 radical (unpaired) electrons. The molecule has 0 aliphatic carbocycles. The van der Waals surface area contributed by atoms with Gasteiger partial charge < -0.3 is 9.84 Å². The van der Waals surface area contributed by atoms with Crippen LogP contribution in [-0.2, 0) is 4.79 Å². The third kappa shape index (κ3) is 4.81. The van der Waals surface area contributed by atoms with E-state index >= 15 is 0 Å². The summed E-state index contributed by atoms with van der Waals surface area (Å²) >= 11 is 0. The highest BCUT2D eigenvalue weighted by Gasteiger charge is 2.43. The highest BCUT2D eigenvalue weighted by atomic mass is 19.4. The van der Waals surface area contributed by atoms with E-state index in [1.54, 1.807) is 12.1 Å². The lowest BCUT2D eigenvalue weighted by Gasteiger charge is -2.20. The Morgan fingerprint density at radius 1 is 1.26 bits per heavy atom. The lowest BCUT2D eigenvalue weighted by Crippen LogP contribution is -2.36. The molecular weight excluding hydrogens is 261 g/mol. The maximum atomic E-state index is 12.6. The van der Waals surface area contributed by atoms with Crippen LogP contribution in [0, 0.1) is 0 Å². The summed E-state index contributed by atoms with van der Waals surface area (Å²) in [6.07, 6.45) is -8.17. The smallest absolute Gasteiger partial charge is 0.425 e. The number of halogens is 3. The normalized spacial score (nSPS) is 13.4. The summed E-state index contributed by atoms with van der Waals surface area (Å²) in [5.41, 5.74) is 0.967. The second-order valence-corrected chi connectivity index (χ2v) is 4.47. The quantitative estimate of drug-likeness (QED) is 0.893. The molecule has 0 amide bonds. The minimum absolute atomic E-state index is 0.00738. The topological polar surface area (TPSA) is 46.5 Å². The molecule has 106 valence electrons. The standard InChI is InChI=1S/C13H15F3O3/c1-8(2)9-3-5-10(6-4-9)19-11(7-12(17)18)13(14,15)16/h3-6,8,11H,7H2,1-2H3,(H,17,18). The van der Waals surface area contributed by atoms with Crippen molar-refractivity contribution in [3.05, 3.63) is 29.8 Å². The van der Waals surface area contributed by atoms with Crippen molar-refractivity contribution in [1.29, 1.82) is 0 Å². The monoisotopic (exact) mass is 276 g/mol. The van der Waals surface area contributed by atoms with Crippen LogP contribution in [0.2, 0.25) is 0 Å². The van der Waals surface area contributed by atoms with Crippen LogP contribution in [0.4, 0.5) is 13.2 Å². The second kappa shape index (κ2) is 5.95. The van der Waals surface area contributed by atoms with E-state index in [4.69, 9.17) is 9.84 Å². The summed E-state index contributed by atoms with van der Waals surface area (Å²) in [5, 5.41) is 8.46. The number of hydrogen-bond acceptors (Lipinski definition) is 2. The molecule has 1 aromatic rings. The van der Waals surface area contributed by atoms with Gasteiger partial charge in [0.1, 0.15) is 5.75 Å². The minimum atomic E-state index is -4.71. The number of carboxylic acids is 1. The Bertz CT molecular complexity index is 424. The first-order valence-corrected chi connectivity index (χ1v) is 5.75. The van der Waals surface area contributed by atoms with Crippen LogP contribution in [0.15, 0.2) is 24.3 Å². The number of benzene rings is 1. The van der Waals surface area contributed by atoms with Crippen molar-refractivity contribution in [3.8, 4) is 5.75 Å². The van der Waals surface area contributed by atoms with E-state index in [-0.39, 0.29) is 11.7 Å². The Balaban J connectivity index is 2.81. The van der Waals surface area contributed by atoms with Gasteiger partial charge in [0.05, 0.1) is 6.42 Å². The second-order valence-electron chi connectivity index (χ2n) is 4.47. The summed E-state index contributed by atoms with van der Waals surface area (Å²) in [7, 11) is 0. The minimum Gasteiger partial charge on any atom is -0.481 e. The van der Waals surface area contributed by atoms with Crippen molar-refractivity contribution in [1.82, 2.24) is 0 Å². The Morgan fingerprint density at radius 3 is 2.16 bits per heavy atom. The number of aliphatic carboxylic acids is 1. The van der Waals surface area contributed by atoms with Crippen LogP contribution >= 0.6 is 0 Å². The molecule has 0 fully saturated rings. The van der Waals surface area contributed by atoms with Crippen molar-refractivity contribution >= 4 is 5.97 Å². The number of rotatable bonds is 5. The summed E-state index contributed by atoms with van der Waals surface area (Å²) < 4.78 is 42.5. The molecule has 0 aliphatic rings. The molecule has 1 atom stereocenters. The van der Waals surface area contributed by atoms with Crippen LogP contribution in [0.3, 0.4) is 0 Å². The van der Waals surface area contributed by atoms with Crippen molar-refractivity contribution in [3.63, 3.8) is 0 Å². The summed E-state index contributed by atoms with van der Waals surface area (Å²) in [6, 6.07) is 6.15. The molecular formula is C13H15F3O3. The van der Waals surface area contributed by atoms with E-state index in [9.17, 15) is 18.0 Å². The first-order chi connectivity index (χ1) is 8.70. The third-order valence-electron chi connectivity index (χ3n) is 2.55. The highest BCUT2D eigenvalue weighted by molar-refractivity contribution is 5.67. The average molecular weight is 276 g/mol. The first-order valence-electron chi connectivity index (χ1n) is 5.75. The van der Waals surface area contributed by atoms with Gasteiger partial charge in [0.25, 0.3) is 0 Å². The number of ether oxygens (including phenoxy) is 1. The molecule has 0 heterocycles. The SMILES string of the molecule is CC(C)c1ccc(OC(CC(=O)O)C(F)(F)F)cc1. The molecule has 0 saturated carbocycles. The van der Waals surface area contributed by atoms with E-state index in [2.05, 4.69) is 0 Å². The van der Waals surface area contributed by atoms with Gasteiger partial charge in [-0.3, -0.25) is 4.79 Å². The lowest BCUT2D eigenvalue weighted by molar-refractivity contribution is -0.200. The molecule has 0 aromatic heterocycles. The van der Waals surface area contributed by atoms with Gasteiger partial charge in [-0.15, -0.1) is 0 Å². The van der Waals surface area contributed by atoms with Gasteiger partial charge in [-0.25, -0.2) is 0 Å². The Labute approximate surface area is 109 Å². The van der Waals surface area contributed by atoms with Crippen molar-refractivity contribution in [2.24, 2.45) is 0 Å². The zero-order valence-electron chi connectivity index (χ0n) is 10.6. The van der Waals surface area contributed by atoms with Crippen LogP contribution in [0.5, 0.6) is 5.75 Å². The van der Waals surface area contributed by atoms with Gasteiger partial charge in [-0.05, 0) is 23.6 Å². The maximum Gasteiger partial charge on any atom is 0.425 e. The van der Waals surface area contributed by atoms with Crippen LogP contribution in [0.1, 0.15) is 31.7 Å². The summed E-state index contributed by atoms with van der Waals surface area (Å²) in [4.78, 5) is 10.4. The molecule has 1 rings (SSSR count). The van der Waals surface area contributed by atoms with E-state index < -0.39 is 24.7 Å². The predicted molar refractivity (Wildman–Crippen MR) is 63.3 cm³/mol. The fourth-order valence-corrected chi connectivity index (χ4v) is 1.48. The van der Waals surface area contributed by atoms with Crippen molar-refractivity contribution < 1.29 is 27.8 Å². The lowest BCUT2D eigenvalue weighted by atomic mass is 10.0. The van der Waals surface area contributed by atoms with Gasteiger partial charge in [-0.1, -0.05) is 26.0 Å². The summed E-state index contributed by atoms with van der Waals surface area (Å²) in [5.74, 6) is -1.29. The van der Waals surface area contributed by atoms with E-state index in [0.29, 0.717) is 0 Å². The van der Waals surface area contributed by atoms with Crippen LogP contribution in [-0.4, -0.2) is 23.4 Å². The van der Waals surface area contributed by atoms with Gasteiger partial charge in [0, 0.05) is 0 Å². The molecule has 19 heavy (non-hydrogen) atoms. The molecule has 0 spiro atoms. The van der Waals surface area contributed by atoms with Crippen molar-refractivity contribution in [2.75, 3.05) is 0 Å². The van der Waals surface area contributed by atoms with Gasteiger partial charge in [0.2, 0.25) is 6.10 Å². The maximum absolute atomic E-state index is 12.6. The van der Waals surface area contributed by atoms with Gasteiger partial charge in [0.15, 0.2) is 0 Å². The van der Waals surface area contributed by atoms with Crippen LogP contribution in [0.25, 0.3) is 0 Å². The van der Waals surface area contributed by atoms with E-state index in [1.807, 2.05) is 13.8 Å². The summed E-state index contributed by atoms with van der Waals surface area (Å²) in [6.45, 7) is 3.91. The van der Waals surface area contributed by atoms with Gasteiger partial charge in [-0.2, -0.15) is 13.2 Å². The highest BCUT2D eigenvalue weighted by Crippen LogP contribution is 2.28. The first kappa shape index (κ1) is 15.3. The Kier molecular flexibility index (Phi) is 4.80. The number of carbonyl (C=O) groups is 1. The molecule has 1 N–H and O–H groups in total. The molecule has 0 bridgehead atoms. The largest absolute Gasteiger partial charge is 0.481 e. The molecule has 6 heteroatoms. The Morgan fingerprint density at radius 2 is 1.79 bits per heavy atom. The fourth-order valence-electron chi connectivity index (χ4n) is 1.48. The number of carboxylic acid groups (broad SMARTS) is 1. The average Bonchev–Trinajstić information content (AvgIpc) is 2.27. The van der Waals surface area contributed by atoms with Gasteiger partial charge >= 0.3 is 12.1 Å². The molecule has 0 saturated heterocycles. The van der Waals surface area contributed by atoms with E-state index in [0.717, 1.165) is 5.56 Å². The predicted octanol–water partition coefficient (Wildman–Crippen LogP) is 3.59. The van der Waals surface area contributed by atoms with E-state index in [1.165, 1.54) is 12.1 Å². The van der Waals surface area contributed by atoms with Crippen LogP contribution < -0.4 is 4.74 Å². The fraction of sp³-hybridized carbons (Fsp3) is 0.462. The third-order valence-corrected chi connectivity index (χ3v) is 2.55. The molecule has 3 nitrogen and oxygen atoms in total. The zero-order valence-corrected chi connectivity index (χ0v) is 10.6. The number of hydrogen-bond donors (Lipinski definition) is 1. The van der Waals surface area contributed by atoms with Crippen molar-refractivity contribution in [2.45, 2.75) is 38.5 Å².